The molecule has 0 amide bonds. The minimum Gasteiger partial charge on any atom is -0.385 e. The molecule has 1 aromatic carbocycles. The molecule has 15 heavy (non-hydrogen) atoms. The van der Waals surface area contributed by atoms with Crippen molar-refractivity contribution in [2.75, 3.05) is 18.9 Å². The molecule has 0 saturated heterocycles. The van der Waals surface area contributed by atoms with Crippen LogP contribution in [0.1, 0.15) is 17.5 Å². The molecule has 0 fully saturated rings. The summed E-state index contributed by atoms with van der Waals surface area (Å²) in [5.74, 6) is 0.676. The Morgan fingerprint density at radius 3 is 3.00 bits per heavy atom. The Kier molecular flexibility index (Phi) is 5.53. The third-order valence-corrected chi connectivity index (χ3v) is 2.81. The van der Waals surface area contributed by atoms with Crippen LogP contribution in [0.25, 0.3) is 0 Å². The third kappa shape index (κ3) is 3.41. The van der Waals surface area contributed by atoms with Crippen LogP contribution < -0.4 is 11.1 Å². The molecule has 0 bridgehead atoms. The molecule has 0 aromatic heterocycles. The molecule has 84 valence electrons. The number of aryl methyl sites for hydroxylation is 1. The lowest BCUT2D eigenvalue weighted by Crippen LogP contribution is -2.11. The van der Waals surface area contributed by atoms with Gasteiger partial charge in [0.25, 0.3) is 0 Å². The van der Waals surface area contributed by atoms with Gasteiger partial charge in [0.2, 0.25) is 0 Å². The number of fused-ring (bicyclic) bond motifs is 1. The molecule has 0 aliphatic carbocycles. The molecular formula is C11H18N2OS. The molecule has 4 heteroatoms. The summed E-state index contributed by atoms with van der Waals surface area (Å²) < 4.78 is 8.72. The predicted octanol–water partition coefficient (Wildman–Crippen LogP) is 2.33. The van der Waals surface area contributed by atoms with Crippen LogP contribution >= 0.6 is 12.0 Å². The first kappa shape index (κ1) is 12.4. The number of anilines is 1. The summed E-state index contributed by atoms with van der Waals surface area (Å²) in [7, 11) is 1.50. The maximum atomic E-state index is 8.72. The molecule has 0 spiro atoms. The van der Waals surface area contributed by atoms with Gasteiger partial charge in [-0.2, -0.15) is 0 Å². The van der Waals surface area contributed by atoms with E-state index in [1.807, 2.05) is 0 Å². The van der Waals surface area contributed by atoms with Crippen molar-refractivity contribution in [3.63, 3.8) is 0 Å². The summed E-state index contributed by atoms with van der Waals surface area (Å²) in [6.45, 7) is 1.07. The van der Waals surface area contributed by atoms with Gasteiger partial charge in [0.1, 0.15) is 0 Å². The largest absolute Gasteiger partial charge is 0.385 e. The zero-order valence-corrected chi connectivity index (χ0v) is 9.81. The van der Waals surface area contributed by atoms with Crippen molar-refractivity contribution in [1.29, 1.82) is 0 Å². The highest BCUT2D eigenvalue weighted by Crippen LogP contribution is 2.24. The highest BCUT2D eigenvalue weighted by Gasteiger charge is 2.08. The first-order valence-corrected chi connectivity index (χ1v) is 6.04. The molecule has 3 nitrogen and oxygen atoms in total. The highest BCUT2D eigenvalue weighted by atomic mass is 32.2. The van der Waals surface area contributed by atoms with Gasteiger partial charge in [0, 0.05) is 18.0 Å². The fraction of sp³-hybridized carbons (Fsp3) is 0.455. The van der Waals surface area contributed by atoms with E-state index >= 15 is 0 Å². The Balaban J connectivity index is 0.000000531. The van der Waals surface area contributed by atoms with Gasteiger partial charge in [-0.3, -0.25) is 0 Å². The molecule has 1 heterocycles. The fourth-order valence-corrected chi connectivity index (χ4v) is 2.00. The Labute approximate surface area is 95.3 Å². The summed E-state index contributed by atoms with van der Waals surface area (Å²) >= 11 is 0.878. The lowest BCUT2D eigenvalue weighted by molar-refractivity contribution is 0.663. The fourth-order valence-electron chi connectivity index (χ4n) is 1.67. The van der Waals surface area contributed by atoms with Crippen LogP contribution in [0, 0.1) is 0 Å². The highest BCUT2D eigenvalue weighted by molar-refractivity contribution is 7.92. The van der Waals surface area contributed by atoms with Gasteiger partial charge in [0.05, 0.1) is 0 Å². The van der Waals surface area contributed by atoms with Crippen LogP contribution in [0.5, 0.6) is 0 Å². The molecule has 0 radical (unpaired) electrons. The van der Waals surface area contributed by atoms with Crippen molar-refractivity contribution in [3.05, 3.63) is 29.3 Å². The van der Waals surface area contributed by atoms with Gasteiger partial charge in [0.15, 0.2) is 0 Å². The first-order valence-electron chi connectivity index (χ1n) is 5.10. The maximum Gasteiger partial charge on any atom is 0.0447 e. The summed E-state index contributed by atoms with van der Waals surface area (Å²) in [6.07, 6.45) is 2.40. The molecule has 2 rings (SSSR count). The van der Waals surface area contributed by atoms with E-state index in [1.54, 1.807) is 0 Å². The first-order chi connectivity index (χ1) is 7.40. The Hall–Kier alpha value is -0.710. The van der Waals surface area contributed by atoms with Crippen LogP contribution in [0.15, 0.2) is 18.2 Å². The lowest BCUT2D eigenvalue weighted by Gasteiger charge is -2.18. The van der Waals surface area contributed by atoms with Gasteiger partial charge in [-0.25, -0.2) is 0 Å². The molecule has 1 aliphatic rings. The number of nitrogens with two attached hydrogens (primary N) is 1. The summed E-state index contributed by atoms with van der Waals surface area (Å²) in [4.78, 5) is 0. The number of benzene rings is 1. The average molecular weight is 226 g/mol. The number of nitrogens with one attached hydrogen (secondary N) is 1. The smallest absolute Gasteiger partial charge is 0.0447 e. The minimum atomic E-state index is 0.676. The van der Waals surface area contributed by atoms with E-state index in [2.05, 4.69) is 29.2 Å². The molecule has 1 aliphatic heterocycles. The predicted molar refractivity (Wildman–Crippen MR) is 67.3 cm³/mol. The van der Waals surface area contributed by atoms with E-state index in [1.165, 1.54) is 36.7 Å². The zero-order valence-electron chi connectivity index (χ0n) is 8.99. The zero-order chi connectivity index (χ0) is 11.1. The van der Waals surface area contributed by atoms with Crippen LogP contribution in [0.2, 0.25) is 0 Å². The van der Waals surface area contributed by atoms with Gasteiger partial charge in [-0.15, -0.1) is 0 Å². The second-order valence-electron chi connectivity index (χ2n) is 3.30. The third-order valence-electron chi connectivity index (χ3n) is 2.34. The topological polar surface area (TPSA) is 58.3 Å². The number of hydrogen-bond donors (Lipinski definition) is 3. The van der Waals surface area contributed by atoms with E-state index in [0.29, 0.717) is 5.75 Å². The van der Waals surface area contributed by atoms with Gasteiger partial charge in [-0.1, -0.05) is 12.1 Å². The summed E-state index contributed by atoms with van der Waals surface area (Å²) in [5.41, 5.74) is 8.33. The van der Waals surface area contributed by atoms with Crippen molar-refractivity contribution >= 4 is 17.7 Å². The van der Waals surface area contributed by atoms with Crippen molar-refractivity contribution < 1.29 is 4.55 Å². The Bertz CT molecular complexity index is 305. The Morgan fingerprint density at radius 2 is 2.27 bits per heavy atom. The normalized spacial score (nSPS) is 13.3. The number of hydrogen-bond acceptors (Lipinski definition) is 4. The van der Waals surface area contributed by atoms with Crippen molar-refractivity contribution in [2.24, 2.45) is 5.73 Å². The molecule has 0 unspecified atom stereocenters. The monoisotopic (exact) mass is 226 g/mol. The van der Waals surface area contributed by atoms with E-state index in [9.17, 15) is 0 Å². The van der Waals surface area contributed by atoms with Crippen LogP contribution in [0.3, 0.4) is 0 Å². The Morgan fingerprint density at radius 1 is 1.47 bits per heavy atom. The quantitative estimate of drug-likeness (QED) is 0.677. The van der Waals surface area contributed by atoms with E-state index in [0.717, 1.165) is 18.6 Å². The van der Waals surface area contributed by atoms with Crippen LogP contribution in [-0.4, -0.2) is 18.1 Å². The molecule has 0 atom stereocenters. The maximum absolute atomic E-state index is 8.72. The molecular weight excluding hydrogens is 208 g/mol. The van der Waals surface area contributed by atoms with Crippen molar-refractivity contribution in [2.45, 2.75) is 18.6 Å². The molecule has 1 aromatic rings. The summed E-state index contributed by atoms with van der Waals surface area (Å²) in [5, 5.41) is 3.37. The minimum absolute atomic E-state index is 0.676. The average Bonchev–Trinajstić information content (AvgIpc) is 2.32. The van der Waals surface area contributed by atoms with E-state index in [-0.39, 0.29) is 0 Å². The van der Waals surface area contributed by atoms with Crippen molar-refractivity contribution in [1.82, 2.24) is 0 Å². The SMILES string of the molecule is CN.OSCc1ccc2c(c1)NCCC2. The number of rotatable bonds is 2. The molecule has 0 saturated carbocycles. The van der Waals surface area contributed by atoms with E-state index < -0.39 is 0 Å². The van der Waals surface area contributed by atoms with E-state index in [4.69, 9.17) is 4.55 Å². The standard InChI is InChI=1S/C10H13NOS.CH5N/c12-13-7-8-3-4-9-2-1-5-11-10(9)6-8;1-2/h3-4,6,11-12H,1-2,5,7H2;2H2,1H3. The van der Waals surface area contributed by atoms with Crippen molar-refractivity contribution in [3.8, 4) is 0 Å². The second-order valence-corrected chi connectivity index (χ2v) is 3.84. The molecule has 4 N–H and O–H groups in total. The summed E-state index contributed by atoms with van der Waals surface area (Å²) in [6, 6.07) is 6.39. The van der Waals surface area contributed by atoms with Gasteiger partial charge >= 0.3 is 0 Å². The van der Waals surface area contributed by atoms with Crippen LogP contribution in [0.4, 0.5) is 5.69 Å². The van der Waals surface area contributed by atoms with Crippen LogP contribution in [-0.2, 0) is 12.2 Å². The lowest BCUT2D eigenvalue weighted by atomic mass is 10.0. The second kappa shape index (κ2) is 6.71. The van der Waals surface area contributed by atoms with Gasteiger partial charge < -0.3 is 15.6 Å². The van der Waals surface area contributed by atoms with Gasteiger partial charge in [-0.05, 0) is 49.1 Å².